The number of hydrogen-bond acceptors (Lipinski definition) is 4. The van der Waals surface area contributed by atoms with Gasteiger partial charge in [-0.15, -0.1) is 0 Å². The molecule has 1 unspecified atom stereocenters. The lowest BCUT2D eigenvalue weighted by atomic mass is 10.0. The predicted molar refractivity (Wildman–Crippen MR) is 118 cm³/mol. The van der Waals surface area contributed by atoms with E-state index < -0.39 is 15.8 Å². The Labute approximate surface area is 183 Å². The average molecular weight is 446 g/mol. The van der Waals surface area contributed by atoms with Gasteiger partial charge in [-0.1, -0.05) is 24.6 Å². The molecule has 0 spiro atoms. The molecule has 0 bridgehead atoms. The van der Waals surface area contributed by atoms with E-state index in [1.165, 1.54) is 41.8 Å². The summed E-state index contributed by atoms with van der Waals surface area (Å²) in [7, 11) is -4.04. The number of halogens is 1. The van der Waals surface area contributed by atoms with Crippen molar-refractivity contribution in [3.05, 3.63) is 59.4 Å². The largest absolute Gasteiger partial charge is 0.351 e. The minimum atomic E-state index is -4.04. The summed E-state index contributed by atoms with van der Waals surface area (Å²) in [4.78, 5) is 14.7. The molecule has 31 heavy (non-hydrogen) atoms. The van der Waals surface area contributed by atoms with Crippen molar-refractivity contribution in [2.24, 2.45) is 0 Å². The lowest BCUT2D eigenvalue weighted by molar-refractivity contribution is 0.0938. The molecule has 2 heterocycles. The number of fused-ring (bicyclic) bond motifs is 1. The Kier molecular flexibility index (Phi) is 6.29. The Bertz CT molecular complexity index is 1070. The molecule has 1 amide bonds. The van der Waals surface area contributed by atoms with Gasteiger partial charge in [-0.2, -0.15) is 0 Å². The minimum Gasteiger partial charge on any atom is -0.351 e. The van der Waals surface area contributed by atoms with Gasteiger partial charge in [0.25, 0.3) is 15.9 Å². The number of anilines is 1. The zero-order chi connectivity index (χ0) is 22.0. The number of nitrogens with zero attached hydrogens (tertiary/aromatic N) is 2. The summed E-state index contributed by atoms with van der Waals surface area (Å²) in [5.74, 6) is -1.01. The molecule has 4 rings (SSSR count). The number of carbonyl (C=O) groups is 1. The van der Waals surface area contributed by atoms with Gasteiger partial charge in [-0.25, -0.2) is 12.8 Å². The van der Waals surface area contributed by atoms with Crippen molar-refractivity contribution in [3.8, 4) is 0 Å². The lowest BCUT2D eigenvalue weighted by Crippen LogP contribution is -2.42. The Morgan fingerprint density at radius 3 is 2.74 bits per heavy atom. The molecule has 2 aromatic rings. The molecule has 1 fully saturated rings. The summed E-state index contributed by atoms with van der Waals surface area (Å²) in [6.07, 6.45) is 4.16. The molecule has 0 aliphatic carbocycles. The lowest BCUT2D eigenvalue weighted by Gasteiger charge is -2.33. The van der Waals surface area contributed by atoms with Crippen molar-refractivity contribution in [3.63, 3.8) is 0 Å². The number of piperidine rings is 1. The van der Waals surface area contributed by atoms with Crippen molar-refractivity contribution in [2.75, 3.05) is 30.5 Å². The van der Waals surface area contributed by atoms with Crippen LogP contribution in [0.3, 0.4) is 0 Å². The monoisotopic (exact) mass is 445 g/mol. The van der Waals surface area contributed by atoms with Crippen LogP contribution in [0.1, 0.15) is 42.1 Å². The standard InChI is InChI=1S/C23H28FN3O3S/c1-17-6-4-5-13-26(17)15-12-25-23(28)19-10-9-18-11-14-27(21(18)16-19)31(29,30)22-8-3-2-7-20(22)24/h2-3,7-10,16-17H,4-6,11-15H2,1H3,(H,25,28). The maximum Gasteiger partial charge on any atom is 0.267 e. The van der Waals surface area contributed by atoms with Crippen molar-refractivity contribution in [2.45, 2.75) is 43.5 Å². The van der Waals surface area contributed by atoms with E-state index in [1.54, 1.807) is 18.2 Å². The first kappa shape index (κ1) is 21.8. The van der Waals surface area contributed by atoms with Crippen LogP contribution >= 0.6 is 0 Å². The van der Waals surface area contributed by atoms with E-state index >= 15 is 0 Å². The first-order valence-electron chi connectivity index (χ1n) is 10.8. The molecule has 166 valence electrons. The molecule has 1 saturated heterocycles. The zero-order valence-electron chi connectivity index (χ0n) is 17.7. The van der Waals surface area contributed by atoms with E-state index in [0.717, 1.165) is 24.7 Å². The SMILES string of the molecule is CC1CCCCN1CCNC(=O)c1ccc2c(c1)N(S(=O)(=O)c1ccccc1F)CC2. The summed E-state index contributed by atoms with van der Waals surface area (Å²) in [5.41, 5.74) is 1.68. The summed E-state index contributed by atoms with van der Waals surface area (Å²) in [5, 5.41) is 2.94. The van der Waals surface area contributed by atoms with Crippen LogP contribution in [0, 0.1) is 5.82 Å². The molecule has 6 nitrogen and oxygen atoms in total. The van der Waals surface area contributed by atoms with Gasteiger partial charge in [-0.05, 0) is 62.6 Å². The van der Waals surface area contributed by atoms with Crippen LogP contribution in [-0.2, 0) is 16.4 Å². The van der Waals surface area contributed by atoms with Crippen molar-refractivity contribution >= 4 is 21.6 Å². The molecule has 0 radical (unpaired) electrons. The van der Waals surface area contributed by atoms with Crippen LogP contribution in [0.2, 0.25) is 0 Å². The summed E-state index contributed by atoms with van der Waals surface area (Å²) in [6, 6.07) is 11.0. The highest BCUT2D eigenvalue weighted by Gasteiger charge is 2.33. The van der Waals surface area contributed by atoms with Crippen LogP contribution in [-0.4, -0.2) is 51.4 Å². The number of hydrogen-bond donors (Lipinski definition) is 1. The second-order valence-corrected chi connectivity index (χ2v) is 10.1. The van der Waals surface area contributed by atoms with E-state index in [2.05, 4.69) is 17.1 Å². The van der Waals surface area contributed by atoms with E-state index in [9.17, 15) is 17.6 Å². The molecule has 1 atom stereocenters. The Balaban J connectivity index is 1.48. The molecule has 0 saturated carbocycles. The number of amides is 1. The quantitative estimate of drug-likeness (QED) is 0.742. The first-order valence-corrected chi connectivity index (χ1v) is 12.2. The second kappa shape index (κ2) is 8.96. The van der Waals surface area contributed by atoms with Crippen LogP contribution in [0.4, 0.5) is 10.1 Å². The van der Waals surface area contributed by atoms with E-state index in [0.29, 0.717) is 30.3 Å². The van der Waals surface area contributed by atoms with Crippen molar-refractivity contribution in [1.82, 2.24) is 10.2 Å². The number of rotatable bonds is 6. The molecule has 0 aromatic heterocycles. The van der Waals surface area contributed by atoms with Gasteiger partial charge in [-0.3, -0.25) is 14.0 Å². The van der Waals surface area contributed by atoms with E-state index in [4.69, 9.17) is 0 Å². The van der Waals surface area contributed by atoms with Gasteiger partial charge in [0.1, 0.15) is 10.7 Å². The number of carbonyl (C=O) groups excluding carboxylic acids is 1. The Hall–Kier alpha value is -2.45. The van der Waals surface area contributed by atoms with Crippen molar-refractivity contribution < 1.29 is 17.6 Å². The first-order chi connectivity index (χ1) is 14.9. The number of sulfonamides is 1. The highest BCUT2D eigenvalue weighted by molar-refractivity contribution is 7.92. The van der Waals surface area contributed by atoms with Crippen LogP contribution in [0.15, 0.2) is 47.4 Å². The third-order valence-corrected chi connectivity index (χ3v) is 8.08. The summed E-state index contributed by atoms with van der Waals surface area (Å²) in [6.45, 7) is 4.83. The van der Waals surface area contributed by atoms with Gasteiger partial charge in [0, 0.05) is 31.2 Å². The smallest absolute Gasteiger partial charge is 0.267 e. The molecular formula is C23H28FN3O3S. The average Bonchev–Trinajstić information content (AvgIpc) is 3.19. The molecule has 2 aliphatic heterocycles. The maximum absolute atomic E-state index is 14.2. The van der Waals surface area contributed by atoms with Gasteiger partial charge in [0.2, 0.25) is 0 Å². The number of nitrogens with one attached hydrogen (secondary N) is 1. The summed E-state index contributed by atoms with van der Waals surface area (Å²) < 4.78 is 41.5. The highest BCUT2D eigenvalue weighted by atomic mass is 32.2. The molecule has 2 aliphatic rings. The predicted octanol–water partition coefficient (Wildman–Crippen LogP) is 3.18. The van der Waals surface area contributed by atoms with Gasteiger partial charge >= 0.3 is 0 Å². The second-order valence-electron chi connectivity index (χ2n) is 8.24. The number of benzene rings is 2. The van der Waals surface area contributed by atoms with Gasteiger partial charge in [0.05, 0.1) is 5.69 Å². The maximum atomic E-state index is 14.2. The summed E-state index contributed by atoms with van der Waals surface area (Å²) >= 11 is 0. The van der Waals surface area contributed by atoms with Crippen LogP contribution in [0.5, 0.6) is 0 Å². The van der Waals surface area contributed by atoms with Gasteiger partial charge in [0.15, 0.2) is 0 Å². The third-order valence-electron chi connectivity index (χ3n) is 6.23. The normalized spacial score (nSPS) is 19.3. The van der Waals surface area contributed by atoms with E-state index in [1.807, 2.05) is 0 Å². The molecular weight excluding hydrogens is 417 g/mol. The number of likely N-dealkylation sites (tertiary alicyclic amines) is 1. The minimum absolute atomic E-state index is 0.226. The van der Waals surface area contributed by atoms with Gasteiger partial charge < -0.3 is 5.32 Å². The van der Waals surface area contributed by atoms with Crippen molar-refractivity contribution in [1.29, 1.82) is 0 Å². The molecule has 1 N–H and O–H groups in total. The van der Waals surface area contributed by atoms with E-state index in [-0.39, 0.29) is 17.3 Å². The van der Waals surface area contributed by atoms with Crippen LogP contribution < -0.4 is 9.62 Å². The topological polar surface area (TPSA) is 69.7 Å². The molecule has 8 heteroatoms. The highest BCUT2D eigenvalue weighted by Crippen LogP contribution is 2.34. The Morgan fingerprint density at radius 2 is 1.97 bits per heavy atom. The fraction of sp³-hybridized carbons (Fsp3) is 0.435. The van der Waals surface area contributed by atoms with Crippen LogP contribution in [0.25, 0.3) is 0 Å². The fourth-order valence-electron chi connectivity index (χ4n) is 4.42. The zero-order valence-corrected chi connectivity index (χ0v) is 18.5. The molecule has 2 aromatic carbocycles. The Morgan fingerprint density at radius 1 is 1.16 bits per heavy atom. The fourth-order valence-corrected chi connectivity index (χ4v) is 5.98. The third kappa shape index (κ3) is 4.45.